The van der Waals surface area contributed by atoms with E-state index in [0.29, 0.717) is 13.2 Å². The number of carbonyl (C=O) groups is 4. The van der Waals surface area contributed by atoms with Gasteiger partial charge in [-0.25, -0.2) is 0 Å². The van der Waals surface area contributed by atoms with Gasteiger partial charge in [0, 0.05) is 0 Å². The molecule has 0 atom stereocenters. The Balaban J connectivity index is -0.0000000872. The fraction of sp³-hybridized carbons (Fsp3) is 0.818. The van der Waals surface area contributed by atoms with E-state index in [1.165, 1.54) is 21.3 Å². The van der Waals surface area contributed by atoms with Crippen molar-refractivity contribution in [3.05, 3.63) is 0 Å². The Labute approximate surface area is 251 Å². The summed E-state index contributed by atoms with van der Waals surface area (Å²) in [6.07, 6.45) is 5.20. The molecule has 232 valence electrons. The van der Waals surface area contributed by atoms with Crippen molar-refractivity contribution in [2.45, 2.75) is 75.9 Å². The molecule has 0 aliphatic heterocycles. The second kappa shape index (κ2) is 24.9. The summed E-state index contributed by atoms with van der Waals surface area (Å²) in [4.78, 5) is 42.4. The molecule has 0 aromatic carbocycles. The van der Waals surface area contributed by atoms with Gasteiger partial charge in [-0.05, 0) is 53.5 Å². The fourth-order valence-corrected chi connectivity index (χ4v) is 2.57. The van der Waals surface area contributed by atoms with Crippen LogP contribution in [0, 0.1) is 0 Å². The Kier molecular flexibility index (Phi) is 32.6. The van der Waals surface area contributed by atoms with E-state index in [4.69, 9.17) is 17.2 Å². The molecule has 0 heterocycles. The SMILES string of the molecule is CCOC(=O)CNC.COC(=O)C(C)(C)N.COC(=O)C1(N)CC1.COC(=O)C1(N)CCCC1.Cl.Cl.Cl.Cl. The zero-order valence-corrected chi connectivity index (χ0v) is 26.6. The van der Waals surface area contributed by atoms with Crippen LogP contribution >= 0.6 is 49.6 Å². The second-order valence-corrected chi connectivity index (χ2v) is 8.55. The van der Waals surface area contributed by atoms with Crippen LogP contribution in [0.15, 0.2) is 0 Å². The van der Waals surface area contributed by atoms with Gasteiger partial charge in [0.25, 0.3) is 0 Å². The lowest BCUT2D eigenvalue weighted by Crippen LogP contribution is -2.45. The van der Waals surface area contributed by atoms with Crippen molar-refractivity contribution in [1.82, 2.24) is 5.32 Å². The third kappa shape index (κ3) is 21.8. The number of carbonyl (C=O) groups excluding carboxylic acids is 4. The summed E-state index contributed by atoms with van der Waals surface area (Å²) in [5, 5.41) is 2.68. The lowest BCUT2D eigenvalue weighted by Gasteiger charge is -2.18. The van der Waals surface area contributed by atoms with E-state index >= 15 is 0 Å². The molecule has 2 fully saturated rings. The first-order valence-corrected chi connectivity index (χ1v) is 11.1. The van der Waals surface area contributed by atoms with Crippen molar-refractivity contribution in [2.24, 2.45) is 17.2 Å². The Morgan fingerprint density at radius 1 is 0.789 bits per heavy atom. The van der Waals surface area contributed by atoms with Gasteiger partial charge in [-0.15, -0.1) is 49.6 Å². The molecular weight excluding hydrogens is 590 g/mol. The van der Waals surface area contributed by atoms with Crippen LogP contribution in [0.1, 0.15) is 59.3 Å². The number of nitrogens with two attached hydrogens (primary N) is 3. The number of likely N-dealkylation sites (N-methyl/N-ethyl adjacent to an activating group) is 1. The summed E-state index contributed by atoms with van der Waals surface area (Å²) in [6, 6.07) is 0. The third-order valence-electron chi connectivity index (χ3n) is 4.81. The molecule has 7 N–H and O–H groups in total. The lowest BCUT2D eigenvalue weighted by atomic mass is 10.0. The maximum atomic E-state index is 11.0. The van der Waals surface area contributed by atoms with Gasteiger partial charge in [-0.3, -0.25) is 19.2 Å². The Morgan fingerprint density at radius 3 is 1.34 bits per heavy atom. The van der Waals surface area contributed by atoms with Gasteiger partial charge in [0.2, 0.25) is 0 Å². The van der Waals surface area contributed by atoms with Crippen LogP contribution in [-0.4, -0.2) is 82.0 Å². The van der Waals surface area contributed by atoms with Crippen LogP contribution in [0.4, 0.5) is 0 Å². The standard InChI is InChI=1S/C7H13NO2.C5H9NO2.2C5H11NO2.4ClH/c1-10-6(9)7(8)4-2-3-5-7;1-8-4(7)5(6)2-3-5;1-5(2,6)4(7)8-3;1-3-8-5(7)4-6-2;;;;/h2-5,8H2,1H3;2-3,6H2,1H3;6H2,1-3H3;6H,3-4H2,1-2H3;4*1H. The van der Waals surface area contributed by atoms with Crippen molar-refractivity contribution >= 4 is 73.5 Å². The summed E-state index contributed by atoms with van der Waals surface area (Å²) < 4.78 is 17.9. The van der Waals surface area contributed by atoms with E-state index < -0.39 is 22.6 Å². The van der Waals surface area contributed by atoms with Gasteiger partial charge in [0.05, 0.1) is 34.5 Å². The quantitative estimate of drug-likeness (QED) is 0.242. The van der Waals surface area contributed by atoms with E-state index in [1.807, 2.05) is 0 Å². The molecule has 16 heteroatoms. The molecule has 2 rings (SSSR count). The van der Waals surface area contributed by atoms with E-state index in [9.17, 15) is 19.2 Å². The van der Waals surface area contributed by atoms with E-state index in [-0.39, 0.29) is 67.5 Å². The molecule has 38 heavy (non-hydrogen) atoms. The number of hydrogen-bond acceptors (Lipinski definition) is 12. The summed E-state index contributed by atoms with van der Waals surface area (Å²) in [6.45, 7) is 5.74. The predicted molar refractivity (Wildman–Crippen MR) is 155 cm³/mol. The van der Waals surface area contributed by atoms with Crippen LogP contribution in [-0.2, 0) is 38.1 Å². The van der Waals surface area contributed by atoms with Gasteiger partial charge in [-0.1, -0.05) is 12.8 Å². The lowest BCUT2D eigenvalue weighted by molar-refractivity contribution is -0.147. The molecule has 0 spiro atoms. The number of hydrogen-bond donors (Lipinski definition) is 4. The first kappa shape index (κ1) is 49.8. The molecule has 0 amide bonds. The predicted octanol–water partition coefficient (Wildman–Crippen LogP) is 1.43. The van der Waals surface area contributed by atoms with Gasteiger partial charge in [-0.2, -0.15) is 0 Å². The summed E-state index contributed by atoms with van der Waals surface area (Å²) in [5.74, 6) is -1.13. The van der Waals surface area contributed by atoms with Crippen molar-refractivity contribution in [3.8, 4) is 0 Å². The molecule has 2 aliphatic rings. The van der Waals surface area contributed by atoms with E-state index in [2.05, 4.69) is 24.3 Å². The van der Waals surface area contributed by atoms with Crippen molar-refractivity contribution in [3.63, 3.8) is 0 Å². The van der Waals surface area contributed by atoms with Gasteiger partial charge in [0.15, 0.2) is 0 Å². The molecule has 0 unspecified atom stereocenters. The summed E-state index contributed by atoms with van der Waals surface area (Å²) >= 11 is 0. The molecule has 2 aliphatic carbocycles. The average Bonchev–Trinajstić information content (AvgIpc) is 3.38. The highest BCUT2D eigenvalue weighted by Crippen LogP contribution is 2.32. The molecule has 0 aromatic rings. The molecule has 12 nitrogen and oxygen atoms in total. The maximum absolute atomic E-state index is 11.0. The Hall–Kier alpha value is -1.12. The van der Waals surface area contributed by atoms with Crippen molar-refractivity contribution in [1.29, 1.82) is 0 Å². The first-order valence-electron chi connectivity index (χ1n) is 11.1. The van der Waals surface area contributed by atoms with Gasteiger partial charge < -0.3 is 41.5 Å². The highest BCUT2D eigenvalue weighted by Gasteiger charge is 2.47. The number of methoxy groups -OCH3 is 3. The Bertz CT molecular complexity index is 633. The number of nitrogens with one attached hydrogen (secondary N) is 1. The smallest absolute Gasteiger partial charge is 0.325 e. The number of esters is 4. The van der Waals surface area contributed by atoms with Crippen LogP contribution in [0.2, 0.25) is 0 Å². The average molecular weight is 638 g/mol. The van der Waals surface area contributed by atoms with Crippen LogP contribution in [0.3, 0.4) is 0 Å². The summed E-state index contributed by atoms with van der Waals surface area (Å²) in [7, 11) is 5.76. The number of rotatable bonds is 6. The molecule has 0 bridgehead atoms. The van der Waals surface area contributed by atoms with Crippen LogP contribution < -0.4 is 22.5 Å². The molecule has 0 saturated heterocycles. The van der Waals surface area contributed by atoms with Gasteiger partial charge in [0.1, 0.15) is 16.6 Å². The molecular formula is C22H48Cl4N4O8. The van der Waals surface area contributed by atoms with E-state index in [0.717, 1.165) is 38.5 Å². The molecule has 0 radical (unpaired) electrons. The number of ether oxygens (including phenoxy) is 4. The van der Waals surface area contributed by atoms with Crippen LogP contribution in [0.5, 0.6) is 0 Å². The third-order valence-corrected chi connectivity index (χ3v) is 4.81. The summed E-state index contributed by atoms with van der Waals surface area (Å²) in [5.41, 5.74) is 14.4. The second-order valence-electron chi connectivity index (χ2n) is 8.55. The molecule has 0 aromatic heterocycles. The Morgan fingerprint density at radius 2 is 1.16 bits per heavy atom. The highest BCUT2D eigenvalue weighted by molar-refractivity contribution is 5.86. The zero-order chi connectivity index (χ0) is 27.0. The highest BCUT2D eigenvalue weighted by atomic mass is 35.5. The van der Waals surface area contributed by atoms with Crippen molar-refractivity contribution in [2.75, 3.05) is 41.5 Å². The minimum atomic E-state index is -0.852. The van der Waals surface area contributed by atoms with Crippen LogP contribution in [0.25, 0.3) is 0 Å². The normalized spacial score (nSPS) is 14.8. The fourth-order valence-electron chi connectivity index (χ4n) is 2.57. The monoisotopic (exact) mass is 636 g/mol. The molecule has 2 saturated carbocycles. The van der Waals surface area contributed by atoms with Crippen molar-refractivity contribution < 1.29 is 38.1 Å². The topological polar surface area (TPSA) is 195 Å². The van der Waals surface area contributed by atoms with Gasteiger partial charge >= 0.3 is 23.9 Å². The minimum absolute atomic E-state index is 0. The largest absolute Gasteiger partial charge is 0.468 e. The number of halogens is 4. The zero-order valence-electron chi connectivity index (χ0n) is 23.3. The minimum Gasteiger partial charge on any atom is -0.468 e. The first-order chi connectivity index (χ1) is 15.7. The van der Waals surface area contributed by atoms with E-state index in [1.54, 1.807) is 27.8 Å². The maximum Gasteiger partial charge on any atom is 0.325 e.